The number of rotatable bonds is 5. The predicted octanol–water partition coefficient (Wildman–Crippen LogP) is 2.07. The van der Waals surface area contributed by atoms with Crippen molar-refractivity contribution < 1.29 is 13.6 Å². The van der Waals surface area contributed by atoms with Gasteiger partial charge >= 0.3 is 0 Å². The lowest BCUT2D eigenvalue weighted by molar-refractivity contribution is 0.0933. The largest absolute Gasteiger partial charge is 0.348 e. The number of carbonyl (C=O) groups excluding carboxylic acids is 1. The molecule has 5 heteroatoms. The maximum atomic E-state index is 13.0. The molecule has 0 spiro atoms. The molecule has 0 saturated heterocycles. The van der Waals surface area contributed by atoms with Gasteiger partial charge in [-0.3, -0.25) is 4.79 Å². The van der Waals surface area contributed by atoms with Gasteiger partial charge < -0.3 is 11.1 Å². The second-order valence-corrected chi connectivity index (χ2v) is 4.69. The van der Waals surface area contributed by atoms with Crippen molar-refractivity contribution in [2.75, 3.05) is 6.54 Å². The Labute approximate surface area is 105 Å². The van der Waals surface area contributed by atoms with Gasteiger partial charge in [0.1, 0.15) is 11.6 Å². The zero-order valence-electron chi connectivity index (χ0n) is 10.5. The highest BCUT2D eigenvalue weighted by molar-refractivity contribution is 5.94. The number of benzene rings is 1. The van der Waals surface area contributed by atoms with Crippen LogP contribution in [0.3, 0.4) is 0 Å². The summed E-state index contributed by atoms with van der Waals surface area (Å²) in [5.74, 6) is -1.67. The zero-order valence-corrected chi connectivity index (χ0v) is 10.5. The molecule has 1 rings (SSSR count). The van der Waals surface area contributed by atoms with E-state index in [0.29, 0.717) is 12.5 Å². The molecule has 0 aliphatic carbocycles. The van der Waals surface area contributed by atoms with Crippen LogP contribution in [0.5, 0.6) is 0 Å². The summed E-state index contributed by atoms with van der Waals surface area (Å²) in [4.78, 5) is 11.8. The molecule has 0 aromatic heterocycles. The molecule has 1 amide bonds. The lowest BCUT2D eigenvalue weighted by Gasteiger charge is -2.18. The predicted molar refractivity (Wildman–Crippen MR) is 66.1 cm³/mol. The Kier molecular flexibility index (Phi) is 5.22. The molecule has 0 radical (unpaired) electrons. The SMILES string of the molecule is CC(C)CC(CN)NC(=O)c1cc(F)cc(F)c1. The van der Waals surface area contributed by atoms with Crippen LogP contribution in [-0.4, -0.2) is 18.5 Å². The Morgan fingerprint density at radius 3 is 2.28 bits per heavy atom. The summed E-state index contributed by atoms with van der Waals surface area (Å²) < 4.78 is 25.9. The molecule has 3 N–H and O–H groups in total. The molecule has 0 heterocycles. The second kappa shape index (κ2) is 6.44. The third-order valence-corrected chi connectivity index (χ3v) is 2.50. The number of hydrogen-bond donors (Lipinski definition) is 2. The average molecular weight is 256 g/mol. The van der Waals surface area contributed by atoms with Gasteiger partial charge in [0, 0.05) is 24.2 Å². The molecule has 0 bridgehead atoms. The minimum absolute atomic E-state index is 0.0327. The van der Waals surface area contributed by atoms with Gasteiger partial charge in [-0.05, 0) is 24.5 Å². The third kappa shape index (κ3) is 4.41. The first-order valence-corrected chi connectivity index (χ1v) is 5.89. The van der Waals surface area contributed by atoms with Crippen molar-refractivity contribution in [1.29, 1.82) is 0 Å². The van der Waals surface area contributed by atoms with Crippen LogP contribution < -0.4 is 11.1 Å². The van der Waals surface area contributed by atoms with Crippen LogP contribution in [0.2, 0.25) is 0 Å². The van der Waals surface area contributed by atoms with Crippen LogP contribution in [0.4, 0.5) is 8.78 Å². The van der Waals surface area contributed by atoms with E-state index in [9.17, 15) is 13.6 Å². The number of carbonyl (C=O) groups is 1. The van der Waals surface area contributed by atoms with Gasteiger partial charge in [-0.1, -0.05) is 13.8 Å². The van der Waals surface area contributed by atoms with Gasteiger partial charge in [-0.25, -0.2) is 8.78 Å². The molecular formula is C13H18F2N2O. The molecule has 1 aromatic rings. The number of nitrogens with one attached hydrogen (secondary N) is 1. The maximum Gasteiger partial charge on any atom is 0.251 e. The van der Waals surface area contributed by atoms with Gasteiger partial charge in [0.2, 0.25) is 0 Å². The fourth-order valence-corrected chi connectivity index (χ4v) is 1.74. The number of nitrogens with two attached hydrogens (primary N) is 1. The van der Waals surface area contributed by atoms with E-state index < -0.39 is 17.5 Å². The number of amides is 1. The minimum Gasteiger partial charge on any atom is -0.348 e. The summed E-state index contributed by atoms with van der Waals surface area (Å²) in [5.41, 5.74) is 5.51. The zero-order chi connectivity index (χ0) is 13.7. The molecule has 0 aliphatic heterocycles. The highest BCUT2D eigenvalue weighted by Gasteiger charge is 2.15. The topological polar surface area (TPSA) is 55.1 Å². The number of halogens is 2. The normalized spacial score (nSPS) is 12.6. The van der Waals surface area contributed by atoms with Crippen molar-refractivity contribution in [3.05, 3.63) is 35.4 Å². The average Bonchev–Trinajstić information content (AvgIpc) is 2.26. The molecular weight excluding hydrogens is 238 g/mol. The second-order valence-electron chi connectivity index (χ2n) is 4.69. The summed E-state index contributed by atoms with van der Waals surface area (Å²) in [6.07, 6.45) is 0.722. The van der Waals surface area contributed by atoms with E-state index in [1.54, 1.807) is 0 Å². The Balaban J connectivity index is 2.74. The first-order valence-electron chi connectivity index (χ1n) is 5.89. The van der Waals surface area contributed by atoms with Crippen LogP contribution in [0.25, 0.3) is 0 Å². The highest BCUT2D eigenvalue weighted by Crippen LogP contribution is 2.09. The Hall–Kier alpha value is -1.49. The van der Waals surface area contributed by atoms with Gasteiger partial charge in [0.25, 0.3) is 5.91 Å². The maximum absolute atomic E-state index is 13.0. The van der Waals surface area contributed by atoms with E-state index >= 15 is 0 Å². The van der Waals surface area contributed by atoms with Gasteiger partial charge in [0.05, 0.1) is 0 Å². The smallest absolute Gasteiger partial charge is 0.251 e. The Morgan fingerprint density at radius 1 is 1.28 bits per heavy atom. The number of hydrogen-bond acceptors (Lipinski definition) is 2. The fourth-order valence-electron chi connectivity index (χ4n) is 1.74. The molecule has 1 unspecified atom stereocenters. The molecule has 3 nitrogen and oxygen atoms in total. The van der Waals surface area contributed by atoms with E-state index in [0.717, 1.165) is 24.6 Å². The van der Waals surface area contributed by atoms with Gasteiger partial charge in [0.15, 0.2) is 0 Å². The van der Waals surface area contributed by atoms with Crippen molar-refractivity contribution in [2.45, 2.75) is 26.3 Å². The van der Waals surface area contributed by atoms with Crippen LogP contribution in [-0.2, 0) is 0 Å². The van der Waals surface area contributed by atoms with Crippen LogP contribution >= 0.6 is 0 Å². The van der Waals surface area contributed by atoms with Crippen molar-refractivity contribution in [3.8, 4) is 0 Å². The van der Waals surface area contributed by atoms with E-state index in [1.807, 2.05) is 13.8 Å². The highest BCUT2D eigenvalue weighted by atomic mass is 19.1. The molecule has 18 heavy (non-hydrogen) atoms. The van der Waals surface area contributed by atoms with Crippen LogP contribution in [0.15, 0.2) is 18.2 Å². The summed E-state index contributed by atoms with van der Waals surface area (Å²) >= 11 is 0. The molecule has 1 aromatic carbocycles. The van der Waals surface area contributed by atoms with Gasteiger partial charge in [-0.2, -0.15) is 0 Å². The van der Waals surface area contributed by atoms with Crippen molar-refractivity contribution >= 4 is 5.91 Å². The summed E-state index contributed by atoms with van der Waals surface area (Å²) in [5, 5.41) is 2.67. The Bertz CT molecular complexity index is 401. The third-order valence-electron chi connectivity index (χ3n) is 2.50. The molecule has 0 aliphatic rings. The summed E-state index contributed by atoms with van der Waals surface area (Å²) in [6, 6.07) is 2.54. The van der Waals surface area contributed by atoms with Crippen molar-refractivity contribution in [3.63, 3.8) is 0 Å². The quantitative estimate of drug-likeness (QED) is 0.847. The Morgan fingerprint density at radius 2 is 1.83 bits per heavy atom. The van der Waals surface area contributed by atoms with E-state index in [1.165, 1.54) is 0 Å². The first-order chi connectivity index (χ1) is 8.42. The van der Waals surface area contributed by atoms with Gasteiger partial charge in [-0.15, -0.1) is 0 Å². The lowest BCUT2D eigenvalue weighted by Crippen LogP contribution is -2.41. The molecule has 1 atom stereocenters. The van der Waals surface area contributed by atoms with E-state index in [-0.39, 0.29) is 11.6 Å². The lowest BCUT2D eigenvalue weighted by atomic mass is 10.0. The minimum atomic E-state index is -0.770. The standard InChI is InChI=1S/C13H18F2N2O/c1-8(2)3-12(7-16)17-13(18)9-4-10(14)6-11(15)5-9/h4-6,8,12H,3,7,16H2,1-2H3,(H,17,18). The van der Waals surface area contributed by atoms with Crippen LogP contribution in [0, 0.1) is 17.6 Å². The van der Waals surface area contributed by atoms with Crippen molar-refractivity contribution in [1.82, 2.24) is 5.32 Å². The molecule has 0 saturated carbocycles. The molecule has 100 valence electrons. The fraction of sp³-hybridized carbons (Fsp3) is 0.462. The van der Waals surface area contributed by atoms with Crippen molar-refractivity contribution in [2.24, 2.45) is 11.7 Å². The van der Waals surface area contributed by atoms with E-state index in [2.05, 4.69) is 5.32 Å². The molecule has 0 fully saturated rings. The van der Waals surface area contributed by atoms with E-state index in [4.69, 9.17) is 5.73 Å². The van der Waals surface area contributed by atoms with Crippen LogP contribution in [0.1, 0.15) is 30.6 Å². The summed E-state index contributed by atoms with van der Waals surface area (Å²) in [6.45, 7) is 4.31. The summed E-state index contributed by atoms with van der Waals surface area (Å²) in [7, 11) is 0. The monoisotopic (exact) mass is 256 g/mol. The first kappa shape index (κ1) is 14.6.